The molecule has 1 atom stereocenters. The quantitative estimate of drug-likeness (QED) is 0.748. The molecule has 86 valence electrons. The summed E-state index contributed by atoms with van der Waals surface area (Å²) >= 11 is 1.80. The Balaban J connectivity index is 2.27. The van der Waals surface area contributed by atoms with Crippen molar-refractivity contribution in [3.63, 3.8) is 0 Å². The third kappa shape index (κ3) is 4.73. The SMILES string of the molecule is CSCCC(CO)NCc1ccc(C)o1. The molecule has 1 aromatic rings. The van der Waals surface area contributed by atoms with E-state index in [4.69, 9.17) is 9.52 Å². The molecule has 0 amide bonds. The lowest BCUT2D eigenvalue weighted by Crippen LogP contribution is -2.32. The van der Waals surface area contributed by atoms with Crippen molar-refractivity contribution in [2.75, 3.05) is 18.6 Å². The van der Waals surface area contributed by atoms with Gasteiger partial charge in [0, 0.05) is 6.04 Å². The Labute approximate surface area is 95.2 Å². The molecule has 0 spiro atoms. The van der Waals surface area contributed by atoms with Crippen LogP contribution in [-0.4, -0.2) is 29.8 Å². The molecule has 15 heavy (non-hydrogen) atoms. The van der Waals surface area contributed by atoms with Crippen LogP contribution in [0.15, 0.2) is 16.5 Å². The van der Waals surface area contributed by atoms with Crippen LogP contribution >= 0.6 is 11.8 Å². The van der Waals surface area contributed by atoms with E-state index in [0.717, 1.165) is 23.7 Å². The first-order valence-electron chi connectivity index (χ1n) is 5.14. The van der Waals surface area contributed by atoms with Crippen molar-refractivity contribution in [2.24, 2.45) is 0 Å². The summed E-state index contributed by atoms with van der Waals surface area (Å²) < 4.78 is 5.43. The first kappa shape index (κ1) is 12.6. The van der Waals surface area contributed by atoms with Crippen molar-refractivity contribution in [2.45, 2.75) is 25.9 Å². The fourth-order valence-electron chi connectivity index (χ4n) is 1.34. The van der Waals surface area contributed by atoms with Crippen LogP contribution in [0.2, 0.25) is 0 Å². The van der Waals surface area contributed by atoms with Crippen molar-refractivity contribution in [1.82, 2.24) is 5.32 Å². The van der Waals surface area contributed by atoms with E-state index in [9.17, 15) is 0 Å². The number of furan rings is 1. The number of hydrogen-bond acceptors (Lipinski definition) is 4. The molecule has 2 N–H and O–H groups in total. The lowest BCUT2D eigenvalue weighted by Gasteiger charge is -2.14. The number of aryl methyl sites for hydroxylation is 1. The zero-order valence-electron chi connectivity index (χ0n) is 9.32. The van der Waals surface area contributed by atoms with Gasteiger partial charge in [-0.3, -0.25) is 0 Å². The zero-order chi connectivity index (χ0) is 11.1. The Morgan fingerprint density at radius 3 is 2.87 bits per heavy atom. The number of rotatable bonds is 7. The van der Waals surface area contributed by atoms with E-state index in [-0.39, 0.29) is 12.6 Å². The Hall–Kier alpha value is -0.450. The maximum atomic E-state index is 9.13. The van der Waals surface area contributed by atoms with E-state index < -0.39 is 0 Å². The first-order valence-corrected chi connectivity index (χ1v) is 6.54. The number of aliphatic hydroxyl groups excluding tert-OH is 1. The van der Waals surface area contributed by atoms with Crippen molar-refractivity contribution in [3.8, 4) is 0 Å². The van der Waals surface area contributed by atoms with Gasteiger partial charge < -0.3 is 14.8 Å². The standard InChI is InChI=1S/C11H19NO2S/c1-9-3-4-11(14-9)7-12-10(8-13)5-6-15-2/h3-4,10,12-13H,5-8H2,1-2H3. The molecule has 0 aliphatic heterocycles. The molecule has 0 aliphatic rings. The average Bonchev–Trinajstić information content (AvgIpc) is 2.65. The van der Waals surface area contributed by atoms with Crippen molar-refractivity contribution in [3.05, 3.63) is 23.7 Å². The second-order valence-electron chi connectivity index (χ2n) is 3.55. The summed E-state index contributed by atoms with van der Waals surface area (Å²) in [6.07, 6.45) is 3.06. The van der Waals surface area contributed by atoms with Crippen LogP contribution in [0.25, 0.3) is 0 Å². The van der Waals surface area contributed by atoms with Crippen LogP contribution in [0.3, 0.4) is 0 Å². The second-order valence-corrected chi connectivity index (χ2v) is 4.54. The fraction of sp³-hybridized carbons (Fsp3) is 0.636. The maximum Gasteiger partial charge on any atom is 0.117 e. The summed E-state index contributed by atoms with van der Waals surface area (Å²) in [5, 5.41) is 12.4. The fourth-order valence-corrected chi connectivity index (χ4v) is 1.86. The highest BCUT2D eigenvalue weighted by molar-refractivity contribution is 7.98. The zero-order valence-corrected chi connectivity index (χ0v) is 10.1. The van der Waals surface area contributed by atoms with Gasteiger partial charge in [0.2, 0.25) is 0 Å². The molecule has 1 rings (SSSR count). The molecule has 0 aromatic carbocycles. The number of nitrogens with one attached hydrogen (secondary N) is 1. The predicted octanol–water partition coefficient (Wildman–Crippen LogP) is 1.79. The van der Waals surface area contributed by atoms with Gasteiger partial charge in [-0.2, -0.15) is 11.8 Å². The van der Waals surface area contributed by atoms with E-state index >= 15 is 0 Å². The van der Waals surface area contributed by atoms with Gasteiger partial charge in [0.05, 0.1) is 13.2 Å². The molecule has 0 saturated heterocycles. The number of hydrogen-bond donors (Lipinski definition) is 2. The molecule has 0 fully saturated rings. The molecule has 1 heterocycles. The van der Waals surface area contributed by atoms with E-state index in [1.165, 1.54) is 0 Å². The molecule has 4 heteroatoms. The number of aliphatic hydroxyl groups is 1. The van der Waals surface area contributed by atoms with E-state index in [0.29, 0.717) is 6.54 Å². The second kappa shape index (κ2) is 6.93. The lowest BCUT2D eigenvalue weighted by atomic mass is 10.2. The topological polar surface area (TPSA) is 45.4 Å². The summed E-state index contributed by atoms with van der Waals surface area (Å²) in [7, 11) is 0. The predicted molar refractivity (Wildman–Crippen MR) is 64.2 cm³/mol. The van der Waals surface area contributed by atoms with Crippen LogP contribution < -0.4 is 5.32 Å². The largest absolute Gasteiger partial charge is 0.465 e. The molecule has 0 aliphatic carbocycles. The third-order valence-electron chi connectivity index (χ3n) is 2.25. The minimum atomic E-state index is 0.169. The molecule has 0 saturated carbocycles. The summed E-state index contributed by atoms with van der Waals surface area (Å²) in [4.78, 5) is 0. The van der Waals surface area contributed by atoms with Crippen LogP contribution in [0.4, 0.5) is 0 Å². The molecule has 0 radical (unpaired) electrons. The van der Waals surface area contributed by atoms with Gasteiger partial charge in [0.15, 0.2) is 0 Å². The van der Waals surface area contributed by atoms with Crippen molar-refractivity contribution >= 4 is 11.8 Å². The molecule has 3 nitrogen and oxygen atoms in total. The molecule has 1 unspecified atom stereocenters. The van der Waals surface area contributed by atoms with Crippen molar-refractivity contribution in [1.29, 1.82) is 0 Å². The van der Waals surface area contributed by atoms with E-state index in [1.54, 1.807) is 11.8 Å². The van der Waals surface area contributed by atoms with Gasteiger partial charge >= 0.3 is 0 Å². The lowest BCUT2D eigenvalue weighted by molar-refractivity contribution is 0.236. The molecular formula is C11H19NO2S. The van der Waals surface area contributed by atoms with Crippen LogP contribution in [0, 0.1) is 6.92 Å². The smallest absolute Gasteiger partial charge is 0.117 e. The Kier molecular flexibility index (Phi) is 5.83. The monoisotopic (exact) mass is 229 g/mol. The normalized spacial score (nSPS) is 13.0. The molecular weight excluding hydrogens is 210 g/mol. The minimum absolute atomic E-state index is 0.169. The Bertz CT molecular complexity index is 275. The Morgan fingerprint density at radius 1 is 1.53 bits per heavy atom. The highest BCUT2D eigenvalue weighted by Gasteiger charge is 2.07. The van der Waals surface area contributed by atoms with Gasteiger partial charge in [0.25, 0.3) is 0 Å². The maximum absolute atomic E-state index is 9.13. The summed E-state index contributed by atoms with van der Waals surface area (Å²) in [6.45, 7) is 2.80. The van der Waals surface area contributed by atoms with Crippen molar-refractivity contribution < 1.29 is 9.52 Å². The molecule has 1 aromatic heterocycles. The van der Waals surface area contributed by atoms with Crippen LogP contribution in [0.5, 0.6) is 0 Å². The van der Waals surface area contributed by atoms with Gasteiger partial charge in [-0.1, -0.05) is 0 Å². The summed E-state index contributed by atoms with van der Waals surface area (Å²) in [5.41, 5.74) is 0. The first-order chi connectivity index (χ1) is 7.26. The van der Waals surface area contributed by atoms with E-state index in [1.807, 2.05) is 19.1 Å². The highest BCUT2D eigenvalue weighted by atomic mass is 32.2. The Morgan fingerprint density at radius 2 is 2.33 bits per heavy atom. The van der Waals surface area contributed by atoms with Gasteiger partial charge in [0.1, 0.15) is 11.5 Å². The molecule has 0 bridgehead atoms. The number of thioether (sulfide) groups is 1. The highest BCUT2D eigenvalue weighted by Crippen LogP contribution is 2.07. The van der Waals surface area contributed by atoms with E-state index in [2.05, 4.69) is 11.6 Å². The van der Waals surface area contributed by atoms with Gasteiger partial charge in [-0.15, -0.1) is 0 Å². The van der Waals surface area contributed by atoms with Gasteiger partial charge in [-0.25, -0.2) is 0 Å². The third-order valence-corrected chi connectivity index (χ3v) is 2.90. The minimum Gasteiger partial charge on any atom is -0.465 e. The van der Waals surface area contributed by atoms with Crippen LogP contribution in [0.1, 0.15) is 17.9 Å². The van der Waals surface area contributed by atoms with Gasteiger partial charge in [-0.05, 0) is 37.5 Å². The summed E-state index contributed by atoms with van der Waals surface area (Å²) in [6, 6.07) is 4.08. The van der Waals surface area contributed by atoms with Crippen LogP contribution in [-0.2, 0) is 6.54 Å². The average molecular weight is 229 g/mol. The summed E-state index contributed by atoms with van der Waals surface area (Å²) in [5.74, 6) is 2.92.